The summed E-state index contributed by atoms with van der Waals surface area (Å²) in [5.41, 5.74) is 2.60. The second-order valence-corrected chi connectivity index (χ2v) is 9.69. The molecule has 0 radical (unpaired) electrons. The van der Waals surface area contributed by atoms with E-state index in [-0.39, 0.29) is 12.4 Å². The third kappa shape index (κ3) is 4.83. The molecule has 1 fully saturated rings. The van der Waals surface area contributed by atoms with Crippen LogP contribution in [-0.4, -0.2) is 43.4 Å². The summed E-state index contributed by atoms with van der Waals surface area (Å²) in [6.07, 6.45) is 6.81. The van der Waals surface area contributed by atoms with Crippen molar-refractivity contribution >= 4 is 10.9 Å². The van der Waals surface area contributed by atoms with Gasteiger partial charge in [-0.05, 0) is 47.4 Å². The number of hydrogen-bond donors (Lipinski definition) is 1. The van der Waals surface area contributed by atoms with Crippen molar-refractivity contribution in [3.63, 3.8) is 0 Å². The molecule has 0 bridgehead atoms. The number of nitrogens with one attached hydrogen (secondary N) is 1. The number of H-pyrrole nitrogens is 1. The van der Waals surface area contributed by atoms with Crippen LogP contribution in [0.1, 0.15) is 55.1 Å². The molecule has 3 heterocycles. The van der Waals surface area contributed by atoms with Gasteiger partial charge < -0.3 is 14.5 Å². The van der Waals surface area contributed by atoms with E-state index >= 15 is 0 Å². The van der Waals surface area contributed by atoms with E-state index in [2.05, 4.69) is 49.7 Å². The van der Waals surface area contributed by atoms with Gasteiger partial charge in [0.05, 0.1) is 18.1 Å². The molecule has 2 aromatic heterocycles. The lowest BCUT2D eigenvalue weighted by molar-refractivity contribution is 0.174. The summed E-state index contributed by atoms with van der Waals surface area (Å²) in [7, 11) is 0. The van der Waals surface area contributed by atoms with Crippen LogP contribution < -0.4 is 15.0 Å². The number of aromatic nitrogens is 5. The molecular weight excluding hydrogens is 456 g/mol. The van der Waals surface area contributed by atoms with E-state index in [0.29, 0.717) is 36.2 Å². The Morgan fingerprint density at radius 2 is 1.81 bits per heavy atom. The van der Waals surface area contributed by atoms with Crippen molar-refractivity contribution in [2.24, 2.45) is 0 Å². The van der Waals surface area contributed by atoms with Gasteiger partial charge in [0, 0.05) is 30.1 Å². The van der Waals surface area contributed by atoms with Crippen molar-refractivity contribution < 1.29 is 9.47 Å². The topological polar surface area (TPSA) is 98.2 Å². The summed E-state index contributed by atoms with van der Waals surface area (Å²) >= 11 is 0. The lowest BCUT2D eigenvalue weighted by atomic mass is 9.95. The zero-order chi connectivity index (χ0) is 24.3. The summed E-state index contributed by atoms with van der Waals surface area (Å²) in [6.45, 7) is 2.05. The fourth-order valence-electron chi connectivity index (χ4n) is 5.27. The van der Waals surface area contributed by atoms with E-state index in [1.165, 1.54) is 24.8 Å². The highest BCUT2D eigenvalue weighted by Gasteiger charge is 2.22. The second-order valence-electron chi connectivity index (χ2n) is 9.69. The van der Waals surface area contributed by atoms with Gasteiger partial charge in [0.25, 0.3) is 5.56 Å². The molecule has 186 valence electrons. The van der Waals surface area contributed by atoms with Crippen molar-refractivity contribution in [3.8, 4) is 11.5 Å². The first kappa shape index (κ1) is 22.7. The van der Waals surface area contributed by atoms with Crippen LogP contribution in [0.15, 0.2) is 53.3 Å². The molecule has 0 spiro atoms. The number of tetrazole rings is 1. The van der Waals surface area contributed by atoms with Crippen LogP contribution in [-0.2, 0) is 19.5 Å². The molecule has 1 N–H and O–H groups in total. The van der Waals surface area contributed by atoms with E-state index in [1.54, 1.807) is 0 Å². The van der Waals surface area contributed by atoms with Gasteiger partial charge in [0.1, 0.15) is 0 Å². The van der Waals surface area contributed by atoms with Crippen molar-refractivity contribution in [3.05, 3.63) is 75.8 Å². The Kier molecular flexibility index (Phi) is 6.38. The van der Waals surface area contributed by atoms with E-state index in [9.17, 15) is 4.79 Å². The van der Waals surface area contributed by atoms with E-state index in [0.717, 1.165) is 42.5 Å². The lowest BCUT2D eigenvalue weighted by Crippen LogP contribution is -2.30. The highest BCUT2D eigenvalue weighted by atomic mass is 16.7. The minimum absolute atomic E-state index is 0.0991. The van der Waals surface area contributed by atoms with Crippen LogP contribution in [0.5, 0.6) is 11.5 Å². The molecule has 0 atom stereocenters. The number of fused-ring (bicyclic) bond motifs is 2. The number of rotatable bonds is 8. The van der Waals surface area contributed by atoms with E-state index < -0.39 is 0 Å². The Labute approximate surface area is 209 Å². The quantitative estimate of drug-likeness (QED) is 0.402. The highest BCUT2D eigenvalue weighted by Crippen LogP contribution is 2.35. The summed E-state index contributed by atoms with van der Waals surface area (Å²) in [5, 5.41) is 13.7. The second kappa shape index (κ2) is 10.1. The van der Waals surface area contributed by atoms with E-state index in [4.69, 9.17) is 9.47 Å². The standard InChI is InChI=1S/C27H30N6O3/c34-27-21(13-20-14-24-25(36-18-35-24)15-23(20)28-27)16-32(12-11-19-7-3-1-4-8-19)17-26-29-30-31-33(26)22-9-5-2-6-10-22/h1,3-4,7-8,13-15,22H,2,5-6,9-12,16-18H2,(H,28,34). The van der Waals surface area contributed by atoms with Crippen LogP contribution in [0.4, 0.5) is 0 Å². The lowest BCUT2D eigenvalue weighted by Gasteiger charge is -2.25. The predicted octanol–water partition coefficient (Wildman–Crippen LogP) is 3.99. The van der Waals surface area contributed by atoms with Crippen molar-refractivity contribution in [1.82, 2.24) is 30.1 Å². The van der Waals surface area contributed by atoms with Gasteiger partial charge in [0.2, 0.25) is 6.79 Å². The number of pyridine rings is 1. The third-order valence-corrected chi connectivity index (χ3v) is 7.21. The Bertz CT molecular complexity index is 1390. The normalized spacial score (nSPS) is 15.7. The summed E-state index contributed by atoms with van der Waals surface area (Å²) < 4.78 is 13.0. The van der Waals surface area contributed by atoms with Crippen LogP contribution >= 0.6 is 0 Å². The van der Waals surface area contributed by atoms with Gasteiger partial charge in [-0.2, -0.15) is 0 Å². The van der Waals surface area contributed by atoms with Gasteiger partial charge in [-0.25, -0.2) is 4.68 Å². The average molecular weight is 487 g/mol. The number of aromatic amines is 1. The molecule has 1 aliphatic heterocycles. The first-order valence-electron chi connectivity index (χ1n) is 12.7. The van der Waals surface area contributed by atoms with Crippen LogP contribution in [0.3, 0.4) is 0 Å². The summed E-state index contributed by atoms with van der Waals surface area (Å²) in [4.78, 5) is 18.4. The molecule has 0 amide bonds. The van der Waals surface area contributed by atoms with Crippen LogP contribution in [0.25, 0.3) is 10.9 Å². The monoisotopic (exact) mass is 486 g/mol. The Morgan fingerprint density at radius 1 is 1.00 bits per heavy atom. The van der Waals surface area contributed by atoms with Crippen LogP contribution in [0.2, 0.25) is 0 Å². The molecule has 6 rings (SSSR count). The Balaban J connectivity index is 1.27. The molecule has 4 aromatic rings. The Hall–Kier alpha value is -3.72. The molecule has 2 aliphatic rings. The SMILES string of the molecule is O=c1[nH]c2cc3c(cc2cc1CN(CCc1ccccc1)Cc1nnnn1C1CCCCC1)OCO3. The van der Waals surface area contributed by atoms with Crippen LogP contribution in [0, 0.1) is 0 Å². The highest BCUT2D eigenvalue weighted by molar-refractivity contribution is 5.83. The molecule has 0 saturated heterocycles. The first-order chi connectivity index (χ1) is 17.7. The maximum Gasteiger partial charge on any atom is 0.252 e. The minimum Gasteiger partial charge on any atom is -0.454 e. The number of ether oxygens (including phenoxy) is 2. The maximum atomic E-state index is 13.1. The van der Waals surface area contributed by atoms with Gasteiger partial charge in [-0.1, -0.05) is 49.6 Å². The first-order valence-corrected chi connectivity index (χ1v) is 12.7. The van der Waals surface area contributed by atoms with E-state index in [1.807, 2.05) is 28.9 Å². The van der Waals surface area contributed by atoms with Gasteiger partial charge in [-0.15, -0.1) is 5.10 Å². The molecule has 2 aromatic carbocycles. The summed E-state index contributed by atoms with van der Waals surface area (Å²) in [6, 6.07) is 16.5. The Morgan fingerprint density at radius 3 is 2.64 bits per heavy atom. The zero-order valence-electron chi connectivity index (χ0n) is 20.2. The predicted molar refractivity (Wildman–Crippen MR) is 135 cm³/mol. The maximum absolute atomic E-state index is 13.1. The molecular formula is C27H30N6O3. The fraction of sp³-hybridized carbons (Fsp3) is 0.407. The van der Waals surface area contributed by atoms with Crippen molar-refractivity contribution in [1.29, 1.82) is 0 Å². The largest absolute Gasteiger partial charge is 0.454 e. The number of hydrogen-bond acceptors (Lipinski definition) is 7. The zero-order valence-corrected chi connectivity index (χ0v) is 20.2. The number of nitrogens with zero attached hydrogens (tertiary/aromatic N) is 5. The van der Waals surface area contributed by atoms with Crippen molar-refractivity contribution in [2.75, 3.05) is 13.3 Å². The molecule has 36 heavy (non-hydrogen) atoms. The summed E-state index contributed by atoms with van der Waals surface area (Å²) in [5.74, 6) is 2.22. The molecule has 0 unspecified atom stereocenters. The molecule has 9 nitrogen and oxygen atoms in total. The molecule has 1 aliphatic carbocycles. The molecule has 9 heteroatoms. The smallest absolute Gasteiger partial charge is 0.252 e. The van der Waals surface area contributed by atoms with Gasteiger partial charge in [0.15, 0.2) is 17.3 Å². The van der Waals surface area contributed by atoms with Crippen molar-refractivity contribution in [2.45, 2.75) is 57.7 Å². The fourth-order valence-corrected chi connectivity index (χ4v) is 5.27. The minimum atomic E-state index is -0.0991. The van der Waals surface area contributed by atoms with Gasteiger partial charge in [-0.3, -0.25) is 9.69 Å². The third-order valence-electron chi connectivity index (χ3n) is 7.21. The average Bonchev–Trinajstić information content (AvgIpc) is 3.56. The van der Waals surface area contributed by atoms with Gasteiger partial charge >= 0.3 is 0 Å². The molecule has 1 saturated carbocycles. The number of benzene rings is 2.